The summed E-state index contributed by atoms with van der Waals surface area (Å²) in [5, 5.41) is 0. The number of hydrogen-bond donors (Lipinski definition) is 0. The molecule has 2 aromatic rings. The van der Waals surface area contributed by atoms with E-state index in [1.54, 1.807) is 0 Å². The van der Waals surface area contributed by atoms with E-state index < -0.39 is 0 Å². The molecule has 3 heteroatoms. The zero-order valence-corrected chi connectivity index (χ0v) is 10.8. The van der Waals surface area contributed by atoms with Crippen LogP contribution >= 0.6 is 22.6 Å². The number of benzene rings is 1. The highest BCUT2D eigenvalue weighted by Crippen LogP contribution is 2.18. The van der Waals surface area contributed by atoms with Crippen molar-refractivity contribution < 1.29 is 0 Å². The standard InChI is InChI=1S/C12H13IN2/c1-2-8-15-9-7-14-12(15)10-3-5-11(13)6-4-10/h3-7,9H,2,8H2,1H3. The molecule has 2 rings (SSSR count). The minimum absolute atomic E-state index is 1.03. The van der Waals surface area contributed by atoms with Crippen LogP contribution in [-0.2, 0) is 6.54 Å². The van der Waals surface area contributed by atoms with Crippen LogP contribution in [0.15, 0.2) is 36.7 Å². The van der Waals surface area contributed by atoms with E-state index >= 15 is 0 Å². The molecule has 0 fully saturated rings. The molecule has 0 bridgehead atoms. The van der Waals surface area contributed by atoms with Crippen molar-refractivity contribution in [2.24, 2.45) is 0 Å². The summed E-state index contributed by atoms with van der Waals surface area (Å²) in [6, 6.07) is 8.47. The first-order valence-electron chi connectivity index (χ1n) is 5.08. The maximum absolute atomic E-state index is 4.40. The summed E-state index contributed by atoms with van der Waals surface area (Å²) in [5.74, 6) is 1.06. The first-order valence-corrected chi connectivity index (χ1v) is 6.16. The monoisotopic (exact) mass is 312 g/mol. The van der Waals surface area contributed by atoms with Gasteiger partial charge in [-0.15, -0.1) is 0 Å². The second-order valence-corrected chi connectivity index (χ2v) is 4.70. The van der Waals surface area contributed by atoms with Gasteiger partial charge in [0.2, 0.25) is 0 Å². The molecule has 0 N–H and O–H groups in total. The molecule has 0 aliphatic carbocycles. The average molecular weight is 312 g/mol. The second kappa shape index (κ2) is 4.79. The summed E-state index contributed by atoms with van der Waals surface area (Å²) in [7, 11) is 0. The summed E-state index contributed by atoms with van der Waals surface area (Å²) < 4.78 is 3.45. The predicted molar refractivity (Wildman–Crippen MR) is 70.7 cm³/mol. The van der Waals surface area contributed by atoms with Gasteiger partial charge in [0.1, 0.15) is 5.82 Å². The van der Waals surface area contributed by atoms with Crippen molar-refractivity contribution in [3.05, 3.63) is 40.2 Å². The third kappa shape index (κ3) is 2.40. The molecule has 0 spiro atoms. The zero-order chi connectivity index (χ0) is 10.7. The largest absolute Gasteiger partial charge is 0.331 e. The Morgan fingerprint density at radius 2 is 2.00 bits per heavy atom. The molecule has 1 aromatic carbocycles. The van der Waals surface area contributed by atoms with Gasteiger partial charge in [0.15, 0.2) is 0 Å². The number of aromatic nitrogens is 2. The minimum atomic E-state index is 1.03. The van der Waals surface area contributed by atoms with Crippen LogP contribution in [0.5, 0.6) is 0 Å². The molecule has 0 radical (unpaired) electrons. The van der Waals surface area contributed by atoms with Gasteiger partial charge in [0, 0.05) is 28.1 Å². The maximum Gasteiger partial charge on any atom is 0.139 e. The Morgan fingerprint density at radius 1 is 1.27 bits per heavy atom. The zero-order valence-electron chi connectivity index (χ0n) is 8.65. The molecule has 2 nitrogen and oxygen atoms in total. The van der Waals surface area contributed by atoms with E-state index in [9.17, 15) is 0 Å². The number of hydrogen-bond acceptors (Lipinski definition) is 1. The summed E-state index contributed by atoms with van der Waals surface area (Å²) in [4.78, 5) is 4.40. The third-order valence-electron chi connectivity index (χ3n) is 2.28. The van der Waals surface area contributed by atoms with Gasteiger partial charge in [-0.3, -0.25) is 0 Å². The first-order chi connectivity index (χ1) is 7.31. The molecule has 78 valence electrons. The van der Waals surface area contributed by atoms with Gasteiger partial charge in [0.25, 0.3) is 0 Å². The normalized spacial score (nSPS) is 10.5. The lowest BCUT2D eigenvalue weighted by atomic mass is 10.2. The number of nitrogens with zero attached hydrogens (tertiary/aromatic N) is 2. The van der Waals surface area contributed by atoms with Gasteiger partial charge in [-0.05, 0) is 41.1 Å². The summed E-state index contributed by atoms with van der Waals surface area (Å²) in [6.07, 6.45) is 5.04. The molecule has 0 aliphatic rings. The Bertz CT molecular complexity index is 431. The van der Waals surface area contributed by atoms with Crippen molar-refractivity contribution in [3.63, 3.8) is 0 Å². The van der Waals surface area contributed by atoms with Gasteiger partial charge in [-0.2, -0.15) is 0 Å². The molecule has 15 heavy (non-hydrogen) atoms. The SMILES string of the molecule is CCCn1ccnc1-c1ccc(I)cc1. The van der Waals surface area contributed by atoms with E-state index in [0.29, 0.717) is 0 Å². The van der Waals surface area contributed by atoms with Crippen LogP contribution < -0.4 is 0 Å². The summed E-state index contributed by atoms with van der Waals surface area (Å²) >= 11 is 2.31. The van der Waals surface area contributed by atoms with E-state index in [1.165, 1.54) is 9.13 Å². The Morgan fingerprint density at radius 3 is 2.67 bits per heavy atom. The van der Waals surface area contributed by atoms with Gasteiger partial charge in [-0.1, -0.05) is 19.1 Å². The summed E-state index contributed by atoms with van der Waals surface area (Å²) in [5.41, 5.74) is 1.19. The quantitative estimate of drug-likeness (QED) is 0.792. The van der Waals surface area contributed by atoms with E-state index in [1.807, 2.05) is 12.4 Å². The van der Waals surface area contributed by atoms with Crippen LogP contribution in [0, 0.1) is 3.57 Å². The number of halogens is 1. The van der Waals surface area contributed by atoms with Crippen LogP contribution in [0.4, 0.5) is 0 Å². The van der Waals surface area contributed by atoms with E-state index in [4.69, 9.17) is 0 Å². The lowest BCUT2D eigenvalue weighted by Gasteiger charge is -2.05. The van der Waals surface area contributed by atoms with Crippen molar-refractivity contribution in [3.8, 4) is 11.4 Å². The van der Waals surface area contributed by atoms with Crippen LogP contribution in [0.1, 0.15) is 13.3 Å². The van der Waals surface area contributed by atoms with Crippen molar-refractivity contribution >= 4 is 22.6 Å². The van der Waals surface area contributed by atoms with Gasteiger partial charge >= 0.3 is 0 Å². The van der Waals surface area contributed by atoms with Gasteiger partial charge in [-0.25, -0.2) is 4.98 Å². The highest BCUT2D eigenvalue weighted by atomic mass is 127. The lowest BCUT2D eigenvalue weighted by Crippen LogP contribution is -1.98. The van der Waals surface area contributed by atoms with Gasteiger partial charge < -0.3 is 4.57 Å². The first kappa shape index (κ1) is 10.7. The molecule has 0 unspecified atom stereocenters. The number of aryl methyl sites for hydroxylation is 1. The maximum atomic E-state index is 4.40. The average Bonchev–Trinajstić information content (AvgIpc) is 2.68. The lowest BCUT2D eigenvalue weighted by molar-refractivity contribution is 0.685. The molecular weight excluding hydrogens is 299 g/mol. The topological polar surface area (TPSA) is 17.8 Å². The number of imidazole rings is 1. The van der Waals surface area contributed by atoms with Crippen molar-refractivity contribution in [2.75, 3.05) is 0 Å². The van der Waals surface area contributed by atoms with E-state index in [-0.39, 0.29) is 0 Å². The van der Waals surface area contributed by atoms with Crippen LogP contribution in [-0.4, -0.2) is 9.55 Å². The van der Waals surface area contributed by atoms with Crippen LogP contribution in [0.2, 0.25) is 0 Å². The molecule has 0 saturated heterocycles. The molecule has 1 heterocycles. The smallest absolute Gasteiger partial charge is 0.139 e. The fraction of sp³-hybridized carbons (Fsp3) is 0.250. The van der Waals surface area contributed by atoms with Crippen molar-refractivity contribution in [1.82, 2.24) is 9.55 Å². The summed E-state index contributed by atoms with van der Waals surface area (Å²) in [6.45, 7) is 3.21. The highest BCUT2D eigenvalue weighted by molar-refractivity contribution is 14.1. The molecule has 0 atom stereocenters. The molecule has 0 saturated carbocycles. The van der Waals surface area contributed by atoms with Crippen LogP contribution in [0.3, 0.4) is 0 Å². The highest BCUT2D eigenvalue weighted by Gasteiger charge is 2.04. The third-order valence-corrected chi connectivity index (χ3v) is 3.00. The van der Waals surface area contributed by atoms with Gasteiger partial charge in [0.05, 0.1) is 0 Å². The molecule has 0 aliphatic heterocycles. The molecule has 1 aromatic heterocycles. The van der Waals surface area contributed by atoms with Crippen molar-refractivity contribution in [2.45, 2.75) is 19.9 Å². The van der Waals surface area contributed by atoms with E-state index in [2.05, 4.69) is 63.3 Å². The second-order valence-electron chi connectivity index (χ2n) is 3.45. The fourth-order valence-electron chi connectivity index (χ4n) is 1.59. The van der Waals surface area contributed by atoms with Crippen molar-refractivity contribution in [1.29, 1.82) is 0 Å². The fourth-order valence-corrected chi connectivity index (χ4v) is 1.95. The van der Waals surface area contributed by atoms with E-state index in [0.717, 1.165) is 18.8 Å². The Balaban J connectivity index is 2.36. The Labute approximate surface area is 103 Å². The number of rotatable bonds is 3. The molecular formula is C12H13IN2. The predicted octanol–water partition coefficient (Wildman–Crippen LogP) is 3.56. The van der Waals surface area contributed by atoms with Crippen LogP contribution in [0.25, 0.3) is 11.4 Å². The molecule has 0 amide bonds. The minimum Gasteiger partial charge on any atom is -0.331 e. The Kier molecular flexibility index (Phi) is 3.41. The Hall–Kier alpha value is -0.840.